The third kappa shape index (κ3) is 12.2. The summed E-state index contributed by atoms with van der Waals surface area (Å²) in [5, 5.41) is 0. The molecule has 0 fully saturated rings. The molecule has 124 valence electrons. The summed E-state index contributed by atoms with van der Waals surface area (Å²) in [4.78, 5) is 22.7. The fourth-order valence-electron chi connectivity index (χ4n) is 2.44. The third-order valence-corrected chi connectivity index (χ3v) is 3.77. The molecule has 4 N–H and O–H groups in total. The van der Waals surface area contributed by atoms with Gasteiger partial charge in [-0.25, -0.2) is 14.5 Å². The summed E-state index contributed by atoms with van der Waals surface area (Å²) in [7, 11) is 0. The first kappa shape index (κ1) is 19.7. The quantitative estimate of drug-likeness (QED) is 0.500. The Morgan fingerprint density at radius 1 is 0.667 bits per heavy atom. The zero-order valence-corrected chi connectivity index (χ0v) is 13.6. The Labute approximate surface area is 129 Å². The van der Waals surface area contributed by atoms with Gasteiger partial charge in [-0.05, 0) is 6.42 Å². The van der Waals surface area contributed by atoms with Gasteiger partial charge in [0, 0.05) is 6.54 Å². The van der Waals surface area contributed by atoms with Crippen LogP contribution in [0.4, 0.5) is 9.59 Å². The molecular formula is C16H33N3O2. The largest absolute Gasteiger partial charge is 0.351 e. The SMILES string of the molecule is CCCCCCCCCCCCCCN(C(N)=O)C(N)=O. The lowest BCUT2D eigenvalue weighted by atomic mass is 10.1. The molecule has 0 bridgehead atoms. The van der Waals surface area contributed by atoms with Crippen LogP contribution >= 0.6 is 0 Å². The Bertz CT molecular complexity index is 269. The maximum Gasteiger partial charge on any atom is 0.322 e. The van der Waals surface area contributed by atoms with Crippen LogP contribution in [0.2, 0.25) is 0 Å². The highest BCUT2D eigenvalue weighted by Crippen LogP contribution is 2.12. The van der Waals surface area contributed by atoms with Crippen LogP contribution in [0.5, 0.6) is 0 Å². The number of primary amides is 2. The van der Waals surface area contributed by atoms with E-state index in [1.807, 2.05) is 0 Å². The van der Waals surface area contributed by atoms with Crippen molar-refractivity contribution in [1.82, 2.24) is 4.90 Å². The fourth-order valence-corrected chi connectivity index (χ4v) is 2.44. The molecule has 0 heterocycles. The zero-order valence-electron chi connectivity index (χ0n) is 13.6. The summed E-state index contributed by atoms with van der Waals surface area (Å²) in [5.41, 5.74) is 10.1. The maximum atomic E-state index is 10.9. The molecule has 0 aliphatic heterocycles. The number of amides is 4. The number of hydrogen-bond acceptors (Lipinski definition) is 2. The van der Waals surface area contributed by atoms with Crippen LogP contribution in [0.3, 0.4) is 0 Å². The van der Waals surface area contributed by atoms with Crippen molar-refractivity contribution in [2.45, 2.75) is 84.0 Å². The van der Waals surface area contributed by atoms with Crippen LogP contribution < -0.4 is 11.5 Å². The highest BCUT2D eigenvalue weighted by Gasteiger charge is 2.14. The number of rotatable bonds is 13. The summed E-state index contributed by atoms with van der Waals surface area (Å²) in [6.07, 6.45) is 14.9. The van der Waals surface area contributed by atoms with Gasteiger partial charge < -0.3 is 11.5 Å². The minimum absolute atomic E-state index is 0.335. The van der Waals surface area contributed by atoms with E-state index < -0.39 is 12.1 Å². The first-order valence-corrected chi connectivity index (χ1v) is 8.46. The molecule has 4 amide bonds. The lowest BCUT2D eigenvalue weighted by molar-refractivity contribution is 0.196. The van der Waals surface area contributed by atoms with Gasteiger partial charge in [0.1, 0.15) is 0 Å². The van der Waals surface area contributed by atoms with Gasteiger partial charge >= 0.3 is 12.1 Å². The number of carbonyl (C=O) groups is 2. The van der Waals surface area contributed by atoms with Gasteiger partial charge in [0.25, 0.3) is 0 Å². The van der Waals surface area contributed by atoms with E-state index in [9.17, 15) is 9.59 Å². The van der Waals surface area contributed by atoms with Crippen molar-refractivity contribution < 1.29 is 9.59 Å². The molecule has 0 unspecified atom stereocenters. The minimum atomic E-state index is -0.759. The molecule has 0 saturated carbocycles. The van der Waals surface area contributed by atoms with Gasteiger partial charge in [-0.2, -0.15) is 0 Å². The molecule has 0 saturated heterocycles. The molecule has 5 nitrogen and oxygen atoms in total. The van der Waals surface area contributed by atoms with Crippen LogP contribution in [0.25, 0.3) is 0 Å². The topological polar surface area (TPSA) is 89.4 Å². The van der Waals surface area contributed by atoms with Crippen LogP contribution in [0.15, 0.2) is 0 Å². The van der Waals surface area contributed by atoms with E-state index >= 15 is 0 Å². The van der Waals surface area contributed by atoms with E-state index in [2.05, 4.69) is 6.92 Å². The van der Waals surface area contributed by atoms with Crippen LogP contribution in [0.1, 0.15) is 84.0 Å². The van der Waals surface area contributed by atoms with Gasteiger partial charge in [0.05, 0.1) is 0 Å². The molecule has 0 atom stereocenters. The standard InChI is InChI=1S/C16H33N3O2/c1-2-3-4-5-6-7-8-9-10-11-12-13-14-19(15(17)20)16(18)21/h2-14H2,1H3,(H2,17,20)(H2,18,21). The van der Waals surface area contributed by atoms with Crippen LogP contribution in [-0.4, -0.2) is 23.5 Å². The lowest BCUT2D eigenvalue weighted by Gasteiger charge is -2.15. The second-order valence-corrected chi connectivity index (χ2v) is 5.72. The predicted molar refractivity (Wildman–Crippen MR) is 87.0 cm³/mol. The number of imide groups is 1. The van der Waals surface area contributed by atoms with Gasteiger partial charge in [0.15, 0.2) is 0 Å². The number of urea groups is 2. The highest BCUT2D eigenvalue weighted by molar-refractivity contribution is 5.91. The minimum Gasteiger partial charge on any atom is -0.351 e. The van der Waals surface area contributed by atoms with Crippen LogP contribution in [-0.2, 0) is 0 Å². The van der Waals surface area contributed by atoms with Crippen molar-refractivity contribution in [3.8, 4) is 0 Å². The molecule has 0 aliphatic rings. The van der Waals surface area contributed by atoms with Gasteiger partial charge in [-0.3, -0.25) is 0 Å². The molecular weight excluding hydrogens is 266 g/mol. The van der Waals surface area contributed by atoms with Crippen molar-refractivity contribution >= 4 is 12.1 Å². The molecule has 0 aromatic heterocycles. The van der Waals surface area contributed by atoms with Crippen molar-refractivity contribution in [2.75, 3.05) is 6.54 Å². The van der Waals surface area contributed by atoms with Crippen molar-refractivity contribution in [3.63, 3.8) is 0 Å². The van der Waals surface area contributed by atoms with Gasteiger partial charge in [0.2, 0.25) is 0 Å². The lowest BCUT2D eigenvalue weighted by Crippen LogP contribution is -2.44. The number of unbranched alkanes of at least 4 members (excludes halogenated alkanes) is 11. The van der Waals surface area contributed by atoms with E-state index in [-0.39, 0.29) is 0 Å². The van der Waals surface area contributed by atoms with E-state index in [1.165, 1.54) is 57.8 Å². The number of carbonyl (C=O) groups excluding carboxylic acids is 2. The van der Waals surface area contributed by atoms with Gasteiger partial charge in [-0.15, -0.1) is 0 Å². The molecule has 0 aromatic rings. The predicted octanol–water partition coefficient (Wildman–Crippen LogP) is 4.15. The average Bonchev–Trinajstić information content (AvgIpc) is 2.43. The summed E-state index contributed by atoms with van der Waals surface area (Å²) in [6.45, 7) is 2.58. The normalized spacial score (nSPS) is 10.5. The molecule has 0 aromatic carbocycles. The van der Waals surface area contributed by atoms with E-state index in [0.29, 0.717) is 6.54 Å². The monoisotopic (exact) mass is 299 g/mol. The Morgan fingerprint density at radius 3 is 1.33 bits per heavy atom. The van der Waals surface area contributed by atoms with E-state index in [0.717, 1.165) is 24.2 Å². The third-order valence-electron chi connectivity index (χ3n) is 3.77. The first-order valence-electron chi connectivity index (χ1n) is 8.46. The Hall–Kier alpha value is -1.26. The number of nitrogens with two attached hydrogens (primary N) is 2. The Morgan fingerprint density at radius 2 is 1.00 bits per heavy atom. The maximum absolute atomic E-state index is 10.9. The van der Waals surface area contributed by atoms with Crippen molar-refractivity contribution in [2.24, 2.45) is 11.5 Å². The zero-order chi connectivity index (χ0) is 15.9. The summed E-state index contributed by atoms with van der Waals surface area (Å²) in [5.74, 6) is 0. The first-order chi connectivity index (χ1) is 10.1. The molecule has 0 rings (SSSR count). The summed E-state index contributed by atoms with van der Waals surface area (Å²) >= 11 is 0. The Balaban J connectivity index is 3.29. The molecule has 0 radical (unpaired) electrons. The van der Waals surface area contributed by atoms with Crippen molar-refractivity contribution in [3.05, 3.63) is 0 Å². The average molecular weight is 299 g/mol. The summed E-state index contributed by atoms with van der Waals surface area (Å²) in [6, 6.07) is -1.52. The molecule has 0 aliphatic carbocycles. The van der Waals surface area contributed by atoms with Crippen molar-refractivity contribution in [1.29, 1.82) is 0 Å². The second-order valence-electron chi connectivity index (χ2n) is 5.72. The van der Waals surface area contributed by atoms with Crippen LogP contribution in [0, 0.1) is 0 Å². The number of hydrogen-bond donors (Lipinski definition) is 2. The summed E-state index contributed by atoms with van der Waals surface area (Å²) < 4.78 is 0. The van der Waals surface area contributed by atoms with E-state index in [4.69, 9.17) is 11.5 Å². The smallest absolute Gasteiger partial charge is 0.322 e. The molecule has 21 heavy (non-hydrogen) atoms. The molecule has 5 heteroatoms. The highest BCUT2D eigenvalue weighted by atomic mass is 16.2. The van der Waals surface area contributed by atoms with E-state index in [1.54, 1.807) is 0 Å². The second kappa shape index (κ2) is 13.7. The number of nitrogens with zero attached hydrogens (tertiary/aromatic N) is 1. The fraction of sp³-hybridized carbons (Fsp3) is 0.875. The molecule has 0 spiro atoms. The Kier molecular flexibility index (Phi) is 12.9. The van der Waals surface area contributed by atoms with Gasteiger partial charge in [-0.1, -0.05) is 77.6 Å².